The van der Waals surface area contributed by atoms with Gasteiger partial charge in [0.1, 0.15) is 0 Å². The van der Waals surface area contributed by atoms with Crippen molar-refractivity contribution in [1.82, 2.24) is 4.90 Å². The molecule has 0 radical (unpaired) electrons. The number of benzene rings is 1. The van der Waals surface area contributed by atoms with E-state index in [2.05, 4.69) is 9.73 Å². The summed E-state index contributed by atoms with van der Waals surface area (Å²) >= 11 is 0. The van der Waals surface area contributed by atoms with Crippen molar-refractivity contribution < 1.29 is 22.7 Å². The normalized spacial score (nSPS) is 23.2. The minimum absolute atomic E-state index is 0.559. The van der Waals surface area contributed by atoms with E-state index in [4.69, 9.17) is 0 Å². The predicted molar refractivity (Wildman–Crippen MR) is 70.8 cm³/mol. The van der Waals surface area contributed by atoms with Crippen LogP contribution in [0.2, 0.25) is 0 Å². The molecule has 0 saturated carbocycles. The zero-order chi connectivity index (χ0) is 15.6. The zero-order valence-electron chi connectivity index (χ0n) is 11.5. The second-order valence-electron chi connectivity index (χ2n) is 4.75. The van der Waals surface area contributed by atoms with Gasteiger partial charge in [-0.25, -0.2) is 4.79 Å². The fourth-order valence-corrected chi connectivity index (χ4v) is 2.37. The molecule has 0 aromatic heterocycles. The smallest absolute Gasteiger partial charge is 0.411 e. The molecule has 2 rings (SSSR count). The molecule has 0 N–H and O–H groups in total. The van der Waals surface area contributed by atoms with Gasteiger partial charge in [0.05, 0.1) is 19.5 Å². The van der Waals surface area contributed by atoms with Crippen LogP contribution in [-0.2, 0) is 9.53 Å². The first-order valence-electron chi connectivity index (χ1n) is 6.36. The van der Waals surface area contributed by atoms with E-state index in [0.29, 0.717) is 5.56 Å². The molecule has 0 saturated heterocycles. The number of carbonyl (C=O) groups is 1. The molecule has 1 aliphatic rings. The third-order valence-electron chi connectivity index (χ3n) is 3.49. The van der Waals surface area contributed by atoms with Crippen molar-refractivity contribution in [1.29, 1.82) is 0 Å². The number of nitrogens with zero attached hydrogens (tertiary/aromatic N) is 2. The Bertz CT molecular complexity index is 531. The molecule has 0 bridgehead atoms. The fraction of sp³-hybridized carbons (Fsp3) is 0.429. The molecule has 1 aromatic carbocycles. The number of rotatable bonds is 3. The van der Waals surface area contributed by atoms with Crippen LogP contribution in [0.5, 0.6) is 0 Å². The first-order chi connectivity index (χ1) is 9.86. The highest BCUT2D eigenvalue weighted by Gasteiger charge is 2.54. The average Bonchev–Trinajstić information content (AvgIpc) is 2.91. The zero-order valence-corrected chi connectivity index (χ0v) is 11.5. The Morgan fingerprint density at radius 3 is 2.48 bits per heavy atom. The minimum Gasteiger partial charge on any atom is -0.467 e. The lowest BCUT2D eigenvalue weighted by atomic mass is 10.0. The van der Waals surface area contributed by atoms with Gasteiger partial charge in [0, 0.05) is 0 Å². The highest BCUT2D eigenvalue weighted by molar-refractivity contribution is 5.81. The maximum absolute atomic E-state index is 13.3. The van der Waals surface area contributed by atoms with Gasteiger partial charge in [-0.2, -0.15) is 13.2 Å². The Kier molecular flexibility index (Phi) is 4.20. The molecule has 0 unspecified atom stereocenters. The molecule has 1 aromatic rings. The summed E-state index contributed by atoms with van der Waals surface area (Å²) in [6, 6.07) is 4.60. The Morgan fingerprint density at radius 2 is 1.95 bits per heavy atom. The van der Waals surface area contributed by atoms with Gasteiger partial charge in [0.15, 0.2) is 12.1 Å². The number of methoxy groups -OCH3 is 1. The van der Waals surface area contributed by atoms with E-state index in [1.165, 1.54) is 0 Å². The van der Waals surface area contributed by atoms with Gasteiger partial charge < -0.3 is 9.64 Å². The molecule has 0 spiro atoms. The largest absolute Gasteiger partial charge is 0.467 e. The van der Waals surface area contributed by atoms with Crippen LogP contribution in [-0.4, -0.2) is 42.6 Å². The summed E-state index contributed by atoms with van der Waals surface area (Å²) in [7, 11) is 1.05. The van der Waals surface area contributed by atoms with E-state index in [0.717, 1.165) is 18.3 Å². The monoisotopic (exact) mass is 300 g/mol. The van der Waals surface area contributed by atoms with Crippen LogP contribution in [0.1, 0.15) is 18.5 Å². The lowest BCUT2D eigenvalue weighted by Gasteiger charge is -2.33. The van der Waals surface area contributed by atoms with Crippen LogP contribution in [0.15, 0.2) is 35.3 Å². The molecule has 1 aliphatic heterocycles. The number of alkyl halides is 3. The second-order valence-corrected chi connectivity index (χ2v) is 4.75. The van der Waals surface area contributed by atoms with Gasteiger partial charge in [0.2, 0.25) is 0 Å². The van der Waals surface area contributed by atoms with Crippen molar-refractivity contribution >= 4 is 12.3 Å². The number of halogens is 3. The number of hydrogen-bond acceptors (Lipinski definition) is 4. The van der Waals surface area contributed by atoms with Crippen LogP contribution in [0.4, 0.5) is 13.2 Å². The molecular weight excluding hydrogens is 285 g/mol. The highest BCUT2D eigenvalue weighted by atomic mass is 19.4. The summed E-state index contributed by atoms with van der Waals surface area (Å²) in [6.45, 7) is 1.64. The maximum atomic E-state index is 13.3. The summed E-state index contributed by atoms with van der Waals surface area (Å²) in [5, 5.41) is 0. The fourth-order valence-electron chi connectivity index (χ4n) is 2.37. The first-order valence-corrected chi connectivity index (χ1v) is 6.36. The van der Waals surface area contributed by atoms with E-state index in [1.807, 2.05) is 0 Å². The number of carbonyl (C=O) groups excluding carboxylic acids is 1. The van der Waals surface area contributed by atoms with E-state index in [-0.39, 0.29) is 0 Å². The third kappa shape index (κ3) is 3.01. The van der Waals surface area contributed by atoms with E-state index >= 15 is 0 Å². The SMILES string of the molecule is COC(=O)[C@H]1N=CN([C@H](C)c2ccccc2)[C@@H]1C(F)(F)F. The molecule has 4 nitrogen and oxygen atoms in total. The van der Waals surface area contributed by atoms with Gasteiger partial charge in [-0.3, -0.25) is 4.99 Å². The van der Waals surface area contributed by atoms with Crippen molar-refractivity contribution in [2.75, 3.05) is 7.11 Å². The van der Waals surface area contributed by atoms with Crippen LogP contribution >= 0.6 is 0 Å². The van der Waals surface area contributed by atoms with Gasteiger partial charge in [0.25, 0.3) is 0 Å². The van der Waals surface area contributed by atoms with Crippen LogP contribution in [0.25, 0.3) is 0 Å². The Labute approximate surface area is 120 Å². The van der Waals surface area contributed by atoms with Gasteiger partial charge >= 0.3 is 12.1 Å². The van der Waals surface area contributed by atoms with E-state index in [9.17, 15) is 18.0 Å². The summed E-state index contributed by atoms with van der Waals surface area (Å²) in [6.07, 6.45) is -3.50. The van der Waals surface area contributed by atoms with Gasteiger partial charge in [-0.05, 0) is 12.5 Å². The van der Waals surface area contributed by atoms with Crippen molar-refractivity contribution in [2.45, 2.75) is 31.2 Å². The van der Waals surface area contributed by atoms with Crippen LogP contribution in [0, 0.1) is 0 Å². The van der Waals surface area contributed by atoms with Gasteiger partial charge in [-0.1, -0.05) is 30.3 Å². The molecule has 0 amide bonds. The summed E-state index contributed by atoms with van der Waals surface area (Å²) in [5.74, 6) is -0.990. The lowest BCUT2D eigenvalue weighted by molar-refractivity contribution is -0.185. The maximum Gasteiger partial charge on any atom is 0.411 e. The van der Waals surface area contributed by atoms with Gasteiger partial charge in [-0.15, -0.1) is 0 Å². The summed E-state index contributed by atoms with van der Waals surface area (Å²) in [4.78, 5) is 16.3. The number of esters is 1. The summed E-state index contributed by atoms with van der Waals surface area (Å²) < 4.78 is 44.3. The Balaban J connectivity index is 2.31. The summed E-state index contributed by atoms with van der Waals surface area (Å²) in [5.41, 5.74) is 0.712. The first kappa shape index (κ1) is 15.3. The van der Waals surface area contributed by atoms with Crippen molar-refractivity contribution in [2.24, 2.45) is 4.99 Å². The highest BCUT2D eigenvalue weighted by Crippen LogP contribution is 2.36. The topological polar surface area (TPSA) is 41.9 Å². The van der Waals surface area contributed by atoms with Crippen molar-refractivity contribution in [3.05, 3.63) is 35.9 Å². The average molecular weight is 300 g/mol. The van der Waals surface area contributed by atoms with Crippen molar-refractivity contribution in [3.63, 3.8) is 0 Å². The molecule has 7 heteroatoms. The predicted octanol–water partition coefficient (Wildman–Crippen LogP) is 2.56. The van der Waals surface area contributed by atoms with Crippen LogP contribution < -0.4 is 0 Å². The second kappa shape index (κ2) is 5.75. The minimum atomic E-state index is -4.58. The molecule has 3 atom stereocenters. The standard InChI is InChI=1S/C14H15F3N2O2/c1-9(10-6-4-3-5-7-10)19-8-18-11(13(20)21-2)12(19)14(15,16)17/h3-9,11-12H,1-2H3/t9-,11+,12+/m1/s1. The molecule has 0 aliphatic carbocycles. The quantitative estimate of drug-likeness (QED) is 0.806. The number of hydrogen-bond donors (Lipinski definition) is 0. The third-order valence-corrected chi connectivity index (χ3v) is 3.49. The Hall–Kier alpha value is -2.05. The molecule has 114 valence electrons. The molecular formula is C14H15F3N2O2. The number of ether oxygens (including phenoxy) is 1. The lowest BCUT2D eigenvalue weighted by Crippen LogP contribution is -2.51. The van der Waals surface area contributed by atoms with E-state index in [1.54, 1.807) is 37.3 Å². The van der Waals surface area contributed by atoms with E-state index < -0.39 is 30.3 Å². The molecule has 21 heavy (non-hydrogen) atoms. The molecule has 0 fully saturated rings. The number of aliphatic imine (C=N–C) groups is 1. The van der Waals surface area contributed by atoms with Crippen LogP contribution in [0.3, 0.4) is 0 Å². The molecule has 1 heterocycles. The Morgan fingerprint density at radius 1 is 1.33 bits per heavy atom. The van der Waals surface area contributed by atoms with Crippen molar-refractivity contribution in [3.8, 4) is 0 Å².